The van der Waals surface area contributed by atoms with E-state index < -0.39 is 0 Å². The minimum Gasteiger partial charge on any atom is -0.395 e. The summed E-state index contributed by atoms with van der Waals surface area (Å²) in [5.41, 5.74) is 4.78. The summed E-state index contributed by atoms with van der Waals surface area (Å²) in [5.74, 6) is 1.68. The lowest BCUT2D eigenvalue weighted by Crippen LogP contribution is -2.02. The number of hydrogen-bond donors (Lipinski definition) is 3. The average molecular weight is 158 g/mol. The van der Waals surface area contributed by atoms with Gasteiger partial charge in [0.25, 0.3) is 0 Å². The molecule has 5 nitrogen and oxygen atoms in total. The Morgan fingerprint density at radius 1 is 1.55 bits per heavy atom. The van der Waals surface area contributed by atoms with Crippen LogP contribution < -0.4 is 5.73 Å². The fourth-order valence-corrected chi connectivity index (χ4v) is 0.455. The van der Waals surface area contributed by atoms with Gasteiger partial charge in [0, 0.05) is 6.54 Å². The first-order chi connectivity index (χ1) is 5.20. The zero-order valence-electron chi connectivity index (χ0n) is 6.83. The van der Waals surface area contributed by atoms with Gasteiger partial charge in [0.15, 0.2) is 0 Å². The van der Waals surface area contributed by atoms with Gasteiger partial charge in [-0.3, -0.25) is 5.10 Å². The summed E-state index contributed by atoms with van der Waals surface area (Å²) < 4.78 is 0. The third kappa shape index (κ3) is 5.50. The lowest BCUT2D eigenvalue weighted by atomic mass is 10.7. The molecular weight excluding hydrogens is 144 g/mol. The quantitative estimate of drug-likeness (QED) is 0.507. The monoisotopic (exact) mass is 158 g/mol. The number of nitrogens with one attached hydrogen (secondary N) is 1. The Morgan fingerprint density at radius 3 is 2.18 bits per heavy atom. The van der Waals surface area contributed by atoms with Gasteiger partial charge in [-0.25, -0.2) is 4.98 Å². The van der Waals surface area contributed by atoms with E-state index in [0.29, 0.717) is 6.54 Å². The first-order valence-corrected chi connectivity index (χ1v) is 3.37. The molecule has 0 spiro atoms. The third-order valence-corrected chi connectivity index (χ3v) is 0.838. The summed E-state index contributed by atoms with van der Waals surface area (Å²) in [7, 11) is 0. The number of nitrogens with two attached hydrogens (primary N) is 1. The first kappa shape index (κ1) is 10.1. The van der Waals surface area contributed by atoms with Crippen molar-refractivity contribution in [3.8, 4) is 0 Å². The van der Waals surface area contributed by atoms with Crippen molar-refractivity contribution in [3.05, 3.63) is 11.6 Å². The van der Waals surface area contributed by atoms with E-state index in [0.717, 1.165) is 11.6 Å². The third-order valence-electron chi connectivity index (χ3n) is 0.838. The van der Waals surface area contributed by atoms with E-state index in [-0.39, 0.29) is 6.61 Å². The fraction of sp³-hybridized carbons (Fsp3) is 0.667. The lowest BCUT2D eigenvalue weighted by molar-refractivity contribution is 0.306. The highest BCUT2D eigenvalue weighted by Crippen LogP contribution is 1.83. The van der Waals surface area contributed by atoms with Crippen LogP contribution in [0.3, 0.4) is 0 Å². The SMILES string of the molecule is Cc1n[nH]c(C)n1.NCCO. The van der Waals surface area contributed by atoms with Gasteiger partial charge in [-0.05, 0) is 13.8 Å². The molecule has 1 heterocycles. The molecule has 0 aliphatic heterocycles. The fourth-order valence-electron chi connectivity index (χ4n) is 0.455. The van der Waals surface area contributed by atoms with Gasteiger partial charge in [0.2, 0.25) is 0 Å². The van der Waals surface area contributed by atoms with Gasteiger partial charge in [0.1, 0.15) is 11.6 Å². The van der Waals surface area contributed by atoms with Crippen LogP contribution in [0.1, 0.15) is 11.6 Å². The van der Waals surface area contributed by atoms with Crippen LogP contribution in [-0.4, -0.2) is 33.4 Å². The molecule has 11 heavy (non-hydrogen) atoms. The van der Waals surface area contributed by atoms with Gasteiger partial charge in [-0.15, -0.1) is 0 Å². The maximum atomic E-state index is 7.75. The summed E-state index contributed by atoms with van der Waals surface area (Å²) in [4.78, 5) is 3.94. The molecule has 0 radical (unpaired) electrons. The zero-order valence-corrected chi connectivity index (χ0v) is 6.83. The molecule has 0 aliphatic rings. The Bertz CT molecular complexity index is 168. The average Bonchev–Trinajstić information content (AvgIpc) is 2.35. The predicted octanol–water partition coefficient (Wildman–Crippen LogP) is -0.641. The van der Waals surface area contributed by atoms with Crippen LogP contribution in [0.15, 0.2) is 0 Å². The molecule has 0 fully saturated rings. The van der Waals surface area contributed by atoms with Crippen molar-refractivity contribution in [2.24, 2.45) is 5.73 Å². The highest BCUT2D eigenvalue weighted by Gasteiger charge is 1.86. The molecule has 1 aromatic rings. The number of rotatable bonds is 1. The normalized spacial score (nSPS) is 8.73. The van der Waals surface area contributed by atoms with Crippen LogP contribution in [0.25, 0.3) is 0 Å². The minimum absolute atomic E-state index is 0.0972. The Balaban J connectivity index is 0.000000218. The van der Waals surface area contributed by atoms with E-state index in [2.05, 4.69) is 15.2 Å². The predicted molar refractivity (Wildman–Crippen MR) is 42.0 cm³/mol. The van der Waals surface area contributed by atoms with E-state index in [4.69, 9.17) is 10.8 Å². The molecule has 0 amide bonds. The van der Waals surface area contributed by atoms with Crippen LogP contribution in [0, 0.1) is 13.8 Å². The number of aromatic amines is 1. The Kier molecular flexibility index (Phi) is 5.32. The number of H-pyrrole nitrogens is 1. The number of aliphatic hydroxyl groups excluding tert-OH is 1. The van der Waals surface area contributed by atoms with Crippen LogP contribution >= 0.6 is 0 Å². The number of nitrogens with zero attached hydrogens (tertiary/aromatic N) is 2. The van der Waals surface area contributed by atoms with Gasteiger partial charge in [-0.2, -0.15) is 5.10 Å². The molecule has 1 aromatic heterocycles. The van der Waals surface area contributed by atoms with Crippen molar-refractivity contribution in [2.45, 2.75) is 13.8 Å². The molecule has 64 valence electrons. The summed E-state index contributed by atoms with van der Waals surface area (Å²) in [6.07, 6.45) is 0. The van der Waals surface area contributed by atoms with Gasteiger partial charge < -0.3 is 10.8 Å². The maximum Gasteiger partial charge on any atom is 0.147 e. The number of hydrogen-bond acceptors (Lipinski definition) is 4. The van der Waals surface area contributed by atoms with Crippen LogP contribution in [0.4, 0.5) is 0 Å². The maximum absolute atomic E-state index is 7.75. The van der Waals surface area contributed by atoms with Crippen molar-refractivity contribution in [2.75, 3.05) is 13.2 Å². The Hall–Kier alpha value is -0.940. The minimum atomic E-state index is 0.0972. The van der Waals surface area contributed by atoms with Crippen LogP contribution in [-0.2, 0) is 0 Å². The molecule has 1 rings (SSSR count). The lowest BCUT2D eigenvalue weighted by Gasteiger charge is -1.71. The second-order valence-corrected chi connectivity index (χ2v) is 1.98. The molecule has 0 saturated carbocycles. The smallest absolute Gasteiger partial charge is 0.147 e. The van der Waals surface area contributed by atoms with Crippen molar-refractivity contribution >= 4 is 0 Å². The van der Waals surface area contributed by atoms with Crippen molar-refractivity contribution in [1.82, 2.24) is 15.2 Å². The summed E-state index contributed by atoms with van der Waals surface area (Å²) in [6, 6.07) is 0. The van der Waals surface area contributed by atoms with Crippen molar-refractivity contribution in [1.29, 1.82) is 0 Å². The van der Waals surface area contributed by atoms with Gasteiger partial charge >= 0.3 is 0 Å². The largest absolute Gasteiger partial charge is 0.395 e. The molecule has 0 aliphatic carbocycles. The molecular formula is C6H14N4O. The molecule has 5 heteroatoms. The second kappa shape index (κ2) is 5.82. The van der Waals surface area contributed by atoms with Crippen molar-refractivity contribution < 1.29 is 5.11 Å². The van der Waals surface area contributed by atoms with E-state index in [1.165, 1.54) is 0 Å². The van der Waals surface area contributed by atoms with E-state index in [1.54, 1.807) is 0 Å². The zero-order chi connectivity index (χ0) is 8.69. The highest BCUT2D eigenvalue weighted by molar-refractivity contribution is 4.82. The van der Waals surface area contributed by atoms with E-state index in [1.807, 2.05) is 13.8 Å². The summed E-state index contributed by atoms with van der Waals surface area (Å²) in [5, 5.41) is 14.2. The summed E-state index contributed by atoms with van der Waals surface area (Å²) >= 11 is 0. The van der Waals surface area contributed by atoms with Crippen molar-refractivity contribution in [3.63, 3.8) is 0 Å². The molecule has 0 bridgehead atoms. The van der Waals surface area contributed by atoms with Gasteiger partial charge in [-0.1, -0.05) is 0 Å². The molecule has 4 N–H and O–H groups in total. The highest BCUT2D eigenvalue weighted by atomic mass is 16.3. The van der Waals surface area contributed by atoms with Crippen LogP contribution in [0.2, 0.25) is 0 Å². The first-order valence-electron chi connectivity index (χ1n) is 3.37. The molecule has 0 unspecified atom stereocenters. The summed E-state index contributed by atoms with van der Waals surface area (Å²) in [6.45, 7) is 4.20. The van der Waals surface area contributed by atoms with E-state index >= 15 is 0 Å². The standard InChI is InChI=1S/C4H7N3.C2H7NO/c1-3-5-4(2)7-6-3;3-1-2-4/h1-2H3,(H,5,6,7);4H,1-3H2. The second-order valence-electron chi connectivity index (χ2n) is 1.98. The number of aromatic nitrogens is 3. The molecule has 0 aromatic carbocycles. The van der Waals surface area contributed by atoms with E-state index in [9.17, 15) is 0 Å². The molecule has 0 saturated heterocycles. The van der Waals surface area contributed by atoms with Gasteiger partial charge in [0.05, 0.1) is 6.61 Å². The Morgan fingerprint density at radius 2 is 2.09 bits per heavy atom. The molecule has 0 atom stereocenters. The Labute approximate surface area is 65.6 Å². The topological polar surface area (TPSA) is 87.8 Å². The van der Waals surface area contributed by atoms with Crippen LogP contribution in [0.5, 0.6) is 0 Å². The number of aliphatic hydroxyl groups is 1. The number of aryl methyl sites for hydroxylation is 2.